The van der Waals surface area contributed by atoms with Crippen molar-refractivity contribution in [3.63, 3.8) is 0 Å². The Morgan fingerprint density at radius 1 is 1.08 bits per heavy atom. The van der Waals surface area contributed by atoms with E-state index in [1.165, 1.54) is 6.42 Å². The molecule has 1 N–H and O–H groups in total. The third-order valence-corrected chi connectivity index (χ3v) is 4.85. The van der Waals surface area contributed by atoms with Crippen LogP contribution in [0.5, 0.6) is 5.75 Å². The minimum absolute atomic E-state index is 0.111. The predicted molar refractivity (Wildman–Crippen MR) is 96.2 cm³/mol. The van der Waals surface area contributed by atoms with Crippen molar-refractivity contribution in [3.05, 3.63) is 65.2 Å². The van der Waals surface area contributed by atoms with E-state index in [1.807, 2.05) is 54.3 Å². The summed E-state index contributed by atoms with van der Waals surface area (Å²) in [6, 6.07) is 15.6. The van der Waals surface area contributed by atoms with Crippen LogP contribution in [0.1, 0.15) is 48.3 Å². The molecule has 1 saturated heterocycles. The van der Waals surface area contributed by atoms with E-state index in [4.69, 9.17) is 0 Å². The molecule has 2 aromatic rings. The second kappa shape index (κ2) is 7.52. The summed E-state index contributed by atoms with van der Waals surface area (Å²) >= 11 is 0. The lowest BCUT2D eigenvalue weighted by atomic mass is 9.86. The minimum atomic E-state index is -0.111. The number of hydrogen-bond donors (Lipinski definition) is 1. The second-order valence-corrected chi connectivity index (χ2v) is 6.67. The van der Waals surface area contributed by atoms with E-state index < -0.39 is 0 Å². The number of phenols is 1. The lowest BCUT2D eigenvalue weighted by Gasteiger charge is -2.29. The zero-order valence-corrected chi connectivity index (χ0v) is 14.2. The maximum atomic E-state index is 12.8. The molecular weight excluding hydrogens is 298 g/mol. The Hall–Kier alpha value is -2.29. The van der Waals surface area contributed by atoms with Gasteiger partial charge in [-0.3, -0.25) is 4.79 Å². The Morgan fingerprint density at radius 2 is 1.79 bits per heavy atom. The molecule has 1 heterocycles. The van der Waals surface area contributed by atoms with Gasteiger partial charge in [0.25, 0.3) is 0 Å². The van der Waals surface area contributed by atoms with Crippen LogP contribution in [0, 0.1) is 6.92 Å². The molecule has 1 amide bonds. The van der Waals surface area contributed by atoms with Gasteiger partial charge in [-0.15, -0.1) is 0 Å². The lowest BCUT2D eigenvalue weighted by Crippen LogP contribution is -2.36. The molecule has 126 valence electrons. The van der Waals surface area contributed by atoms with E-state index >= 15 is 0 Å². The summed E-state index contributed by atoms with van der Waals surface area (Å²) in [4.78, 5) is 14.8. The number of hydrogen-bond acceptors (Lipinski definition) is 2. The number of likely N-dealkylation sites (tertiary alicyclic amines) is 1. The highest BCUT2D eigenvalue weighted by Crippen LogP contribution is 2.35. The van der Waals surface area contributed by atoms with Gasteiger partial charge in [-0.05, 0) is 37.8 Å². The summed E-state index contributed by atoms with van der Waals surface area (Å²) in [5.74, 6) is 0.339. The first kappa shape index (κ1) is 16.6. The van der Waals surface area contributed by atoms with Crippen molar-refractivity contribution in [2.24, 2.45) is 0 Å². The Morgan fingerprint density at radius 3 is 2.50 bits per heavy atom. The second-order valence-electron chi connectivity index (χ2n) is 6.67. The van der Waals surface area contributed by atoms with Gasteiger partial charge in [-0.1, -0.05) is 48.0 Å². The van der Waals surface area contributed by atoms with Crippen LogP contribution in [-0.2, 0) is 4.79 Å². The molecule has 0 spiro atoms. The van der Waals surface area contributed by atoms with Gasteiger partial charge in [0.05, 0.1) is 0 Å². The van der Waals surface area contributed by atoms with Crippen LogP contribution in [0.15, 0.2) is 48.5 Å². The zero-order valence-electron chi connectivity index (χ0n) is 14.2. The number of amides is 1. The molecule has 0 unspecified atom stereocenters. The summed E-state index contributed by atoms with van der Waals surface area (Å²) in [5, 5.41) is 10.4. The topological polar surface area (TPSA) is 40.5 Å². The molecule has 24 heavy (non-hydrogen) atoms. The highest BCUT2D eigenvalue weighted by Gasteiger charge is 2.25. The molecule has 0 aromatic heterocycles. The van der Waals surface area contributed by atoms with Crippen LogP contribution < -0.4 is 0 Å². The molecule has 1 atom stereocenters. The maximum Gasteiger partial charge on any atom is 0.223 e. The Kier molecular flexibility index (Phi) is 5.19. The van der Waals surface area contributed by atoms with Gasteiger partial charge in [0.1, 0.15) is 5.75 Å². The van der Waals surface area contributed by atoms with Crippen molar-refractivity contribution >= 4 is 5.91 Å². The first-order valence-corrected chi connectivity index (χ1v) is 8.77. The number of piperidine rings is 1. The molecule has 1 fully saturated rings. The Labute approximate surface area is 143 Å². The number of aromatic hydroxyl groups is 1. The van der Waals surface area contributed by atoms with E-state index in [2.05, 4.69) is 0 Å². The standard InChI is InChI=1S/C21H25NO2/c1-16-10-11-20(23)19(14-16)18(17-8-4-2-5-9-17)15-21(24)22-12-6-3-7-13-22/h2,4-5,8-11,14,18,23H,3,6-7,12-13,15H2,1H3/t18-/m0/s1. The monoisotopic (exact) mass is 323 g/mol. The third-order valence-electron chi connectivity index (χ3n) is 4.85. The molecule has 2 aromatic carbocycles. The molecule has 3 heteroatoms. The highest BCUT2D eigenvalue weighted by molar-refractivity contribution is 5.78. The Bertz CT molecular complexity index is 690. The summed E-state index contributed by atoms with van der Waals surface area (Å²) < 4.78 is 0. The summed E-state index contributed by atoms with van der Waals surface area (Å²) in [5.41, 5.74) is 3.00. The average Bonchev–Trinajstić information content (AvgIpc) is 2.63. The molecule has 0 bridgehead atoms. The first-order valence-electron chi connectivity index (χ1n) is 8.77. The van der Waals surface area contributed by atoms with E-state index in [0.717, 1.165) is 42.6 Å². The molecule has 0 aliphatic carbocycles. The molecule has 3 rings (SSSR count). The number of carbonyl (C=O) groups is 1. The molecular formula is C21H25NO2. The van der Waals surface area contributed by atoms with Crippen LogP contribution in [-0.4, -0.2) is 29.0 Å². The molecule has 3 nitrogen and oxygen atoms in total. The average molecular weight is 323 g/mol. The fourth-order valence-corrected chi connectivity index (χ4v) is 3.49. The minimum Gasteiger partial charge on any atom is -0.508 e. The van der Waals surface area contributed by atoms with Gasteiger partial charge < -0.3 is 10.0 Å². The van der Waals surface area contributed by atoms with Crippen LogP contribution in [0.25, 0.3) is 0 Å². The number of phenolic OH excluding ortho intramolecular Hbond substituents is 1. The van der Waals surface area contributed by atoms with Gasteiger partial charge in [0, 0.05) is 31.0 Å². The number of rotatable bonds is 4. The number of nitrogens with zero attached hydrogens (tertiary/aromatic N) is 1. The molecule has 1 aliphatic heterocycles. The number of aryl methyl sites for hydroxylation is 1. The van der Waals surface area contributed by atoms with Crippen molar-refractivity contribution < 1.29 is 9.90 Å². The first-order chi connectivity index (χ1) is 11.6. The van der Waals surface area contributed by atoms with Crippen molar-refractivity contribution in [1.29, 1.82) is 0 Å². The van der Waals surface area contributed by atoms with Gasteiger partial charge in [0.2, 0.25) is 5.91 Å². The van der Waals surface area contributed by atoms with Crippen LogP contribution in [0.3, 0.4) is 0 Å². The summed E-state index contributed by atoms with van der Waals surface area (Å²) in [6.45, 7) is 3.73. The van der Waals surface area contributed by atoms with Gasteiger partial charge in [-0.2, -0.15) is 0 Å². The SMILES string of the molecule is Cc1ccc(O)c([C@@H](CC(=O)N2CCCCC2)c2ccccc2)c1. The van der Waals surface area contributed by atoms with Crippen LogP contribution in [0.2, 0.25) is 0 Å². The van der Waals surface area contributed by atoms with Crippen molar-refractivity contribution in [1.82, 2.24) is 4.90 Å². The van der Waals surface area contributed by atoms with Gasteiger partial charge in [-0.25, -0.2) is 0 Å². The largest absolute Gasteiger partial charge is 0.508 e. The van der Waals surface area contributed by atoms with E-state index in [9.17, 15) is 9.90 Å². The maximum absolute atomic E-state index is 12.8. The number of carbonyl (C=O) groups excluding carboxylic acids is 1. The molecule has 0 radical (unpaired) electrons. The van der Waals surface area contributed by atoms with Crippen LogP contribution in [0.4, 0.5) is 0 Å². The van der Waals surface area contributed by atoms with Crippen molar-refractivity contribution in [2.75, 3.05) is 13.1 Å². The highest BCUT2D eigenvalue weighted by atomic mass is 16.3. The van der Waals surface area contributed by atoms with E-state index in [-0.39, 0.29) is 17.6 Å². The summed E-state index contributed by atoms with van der Waals surface area (Å²) in [7, 11) is 0. The van der Waals surface area contributed by atoms with Gasteiger partial charge >= 0.3 is 0 Å². The number of benzene rings is 2. The Balaban J connectivity index is 1.90. The quantitative estimate of drug-likeness (QED) is 0.914. The van der Waals surface area contributed by atoms with Crippen molar-refractivity contribution in [2.45, 2.75) is 38.5 Å². The fourth-order valence-electron chi connectivity index (χ4n) is 3.49. The predicted octanol–water partition coefficient (Wildman–Crippen LogP) is 4.24. The van der Waals surface area contributed by atoms with E-state index in [1.54, 1.807) is 6.07 Å². The normalized spacial score (nSPS) is 16.0. The van der Waals surface area contributed by atoms with Crippen molar-refractivity contribution in [3.8, 4) is 5.75 Å². The molecule has 1 aliphatic rings. The zero-order chi connectivity index (χ0) is 16.9. The van der Waals surface area contributed by atoms with Gasteiger partial charge in [0.15, 0.2) is 0 Å². The third kappa shape index (κ3) is 3.78. The molecule has 0 saturated carbocycles. The smallest absolute Gasteiger partial charge is 0.223 e. The summed E-state index contributed by atoms with van der Waals surface area (Å²) in [6.07, 6.45) is 3.81. The fraction of sp³-hybridized carbons (Fsp3) is 0.381. The lowest BCUT2D eigenvalue weighted by molar-refractivity contribution is -0.132. The van der Waals surface area contributed by atoms with E-state index in [0.29, 0.717) is 6.42 Å². The van der Waals surface area contributed by atoms with Crippen LogP contribution >= 0.6 is 0 Å².